The summed E-state index contributed by atoms with van der Waals surface area (Å²) in [6.07, 6.45) is 0. The van der Waals surface area contributed by atoms with Crippen LogP contribution in [0.4, 0.5) is 0 Å². The molecule has 0 bridgehead atoms. The number of nitrogens with one attached hydrogen (secondary N) is 1. The van der Waals surface area contributed by atoms with Crippen LogP contribution in [0.25, 0.3) is 0 Å². The van der Waals surface area contributed by atoms with Crippen molar-refractivity contribution in [2.75, 3.05) is 40.0 Å². The SMILES string of the molecule is CC(=O)NC(CS)C(=O)OCC[N+](C)(C)C.[Br-]. The molecule has 0 aliphatic carbocycles. The smallest absolute Gasteiger partial charge is 0.329 e. The molecule has 17 heavy (non-hydrogen) atoms. The maximum absolute atomic E-state index is 11.5. The number of carbonyl (C=O) groups excluding carboxylic acids is 2. The maximum Gasteiger partial charge on any atom is 0.329 e. The van der Waals surface area contributed by atoms with Gasteiger partial charge in [-0.1, -0.05) is 0 Å². The van der Waals surface area contributed by atoms with Gasteiger partial charge in [0.05, 0.1) is 21.1 Å². The van der Waals surface area contributed by atoms with Gasteiger partial charge in [0.15, 0.2) is 0 Å². The summed E-state index contributed by atoms with van der Waals surface area (Å²) >= 11 is 3.99. The third-order valence-electron chi connectivity index (χ3n) is 1.85. The first-order valence-corrected chi connectivity index (χ1v) is 5.74. The molecular formula is C10H21BrN2O3S. The summed E-state index contributed by atoms with van der Waals surface area (Å²) in [5.74, 6) is -0.454. The van der Waals surface area contributed by atoms with Crippen molar-refractivity contribution in [1.82, 2.24) is 5.32 Å². The molecule has 1 amide bonds. The minimum atomic E-state index is -0.659. The van der Waals surface area contributed by atoms with Gasteiger partial charge in [-0.15, -0.1) is 0 Å². The van der Waals surface area contributed by atoms with Crippen molar-refractivity contribution in [2.45, 2.75) is 13.0 Å². The van der Waals surface area contributed by atoms with Crippen molar-refractivity contribution < 1.29 is 35.8 Å². The lowest BCUT2D eigenvalue weighted by atomic mass is 10.3. The summed E-state index contributed by atoms with van der Waals surface area (Å²) in [6, 6.07) is -0.659. The van der Waals surface area contributed by atoms with Gasteiger partial charge in [0, 0.05) is 12.7 Å². The number of likely N-dealkylation sites (N-methyl/N-ethyl adjacent to an activating group) is 1. The Morgan fingerprint density at radius 1 is 1.35 bits per heavy atom. The number of rotatable bonds is 6. The predicted octanol–water partition coefficient (Wildman–Crippen LogP) is -3.33. The Bertz CT molecular complexity index is 256. The molecule has 0 aliphatic heterocycles. The first kappa shape index (κ1) is 19.1. The third-order valence-corrected chi connectivity index (χ3v) is 2.22. The van der Waals surface area contributed by atoms with Gasteiger partial charge in [-0.2, -0.15) is 12.6 Å². The molecule has 0 saturated heterocycles. The van der Waals surface area contributed by atoms with Crippen LogP contribution in [-0.2, 0) is 14.3 Å². The summed E-state index contributed by atoms with van der Waals surface area (Å²) in [4.78, 5) is 22.3. The molecular weight excluding hydrogens is 308 g/mol. The first-order chi connectivity index (χ1) is 7.26. The highest BCUT2D eigenvalue weighted by Crippen LogP contribution is 1.95. The van der Waals surface area contributed by atoms with Crippen LogP contribution in [0.3, 0.4) is 0 Å². The van der Waals surface area contributed by atoms with Crippen molar-refractivity contribution in [1.29, 1.82) is 0 Å². The van der Waals surface area contributed by atoms with Gasteiger partial charge < -0.3 is 31.5 Å². The monoisotopic (exact) mass is 328 g/mol. The Morgan fingerprint density at radius 2 is 1.88 bits per heavy atom. The molecule has 0 aromatic heterocycles. The van der Waals surface area contributed by atoms with E-state index in [9.17, 15) is 9.59 Å². The molecule has 1 atom stereocenters. The van der Waals surface area contributed by atoms with Crippen molar-refractivity contribution in [3.63, 3.8) is 0 Å². The van der Waals surface area contributed by atoms with Gasteiger partial charge >= 0.3 is 5.97 Å². The molecule has 0 rings (SSSR count). The van der Waals surface area contributed by atoms with Gasteiger partial charge in [0.25, 0.3) is 0 Å². The van der Waals surface area contributed by atoms with Gasteiger partial charge in [-0.25, -0.2) is 4.79 Å². The Labute approximate surface area is 119 Å². The zero-order chi connectivity index (χ0) is 12.8. The topological polar surface area (TPSA) is 55.4 Å². The fraction of sp³-hybridized carbons (Fsp3) is 0.800. The molecule has 1 unspecified atom stereocenters. The zero-order valence-electron chi connectivity index (χ0n) is 10.7. The van der Waals surface area contributed by atoms with E-state index in [1.165, 1.54) is 6.92 Å². The van der Waals surface area contributed by atoms with Crippen LogP contribution in [0, 0.1) is 0 Å². The number of carbonyl (C=O) groups is 2. The number of halogens is 1. The summed E-state index contributed by atoms with van der Waals surface area (Å²) in [6.45, 7) is 2.42. The summed E-state index contributed by atoms with van der Waals surface area (Å²) in [5, 5.41) is 2.48. The Kier molecular flexibility index (Phi) is 9.84. The minimum absolute atomic E-state index is 0. The van der Waals surface area contributed by atoms with Crippen LogP contribution in [0.5, 0.6) is 0 Å². The number of nitrogens with zero attached hydrogens (tertiary/aromatic N) is 1. The Hall–Kier alpha value is -0.270. The normalized spacial score (nSPS) is 12.3. The molecule has 0 aromatic rings. The van der Waals surface area contributed by atoms with Crippen molar-refractivity contribution in [3.8, 4) is 0 Å². The number of hydrogen-bond acceptors (Lipinski definition) is 4. The summed E-state index contributed by atoms with van der Waals surface area (Å²) in [7, 11) is 6.03. The summed E-state index contributed by atoms with van der Waals surface area (Å²) < 4.78 is 5.77. The number of esters is 1. The second kappa shape index (κ2) is 8.77. The van der Waals surface area contributed by atoms with Crippen LogP contribution in [0.2, 0.25) is 0 Å². The number of hydrogen-bond donors (Lipinski definition) is 2. The van der Waals surface area contributed by atoms with E-state index in [4.69, 9.17) is 4.74 Å². The van der Waals surface area contributed by atoms with Gasteiger partial charge in [0.1, 0.15) is 19.2 Å². The predicted molar refractivity (Wildman–Crippen MR) is 65.3 cm³/mol. The number of thiol groups is 1. The van der Waals surface area contributed by atoms with E-state index >= 15 is 0 Å². The number of ether oxygens (including phenoxy) is 1. The van der Waals surface area contributed by atoms with Gasteiger partial charge in [0.2, 0.25) is 5.91 Å². The van der Waals surface area contributed by atoms with Gasteiger partial charge in [-0.05, 0) is 0 Å². The molecule has 7 heteroatoms. The second-order valence-electron chi connectivity index (χ2n) is 4.62. The van der Waals surface area contributed by atoms with Crippen LogP contribution in [-0.4, -0.2) is 62.4 Å². The van der Waals surface area contributed by atoms with Crippen LogP contribution < -0.4 is 22.3 Å². The Morgan fingerprint density at radius 3 is 2.24 bits per heavy atom. The van der Waals surface area contributed by atoms with Crippen molar-refractivity contribution in [2.24, 2.45) is 0 Å². The van der Waals surface area contributed by atoms with E-state index in [1.807, 2.05) is 21.1 Å². The highest BCUT2D eigenvalue weighted by molar-refractivity contribution is 7.80. The van der Waals surface area contributed by atoms with E-state index < -0.39 is 12.0 Å². The summed E-state index contributed by atoms with van der Waals surface area (Å²) in [5.41, 5.74) is 0. The van der Waals surface area contributed by atoms with Crippen LogP contribution in [0.15, 0.2) is 0 Å². The molecule has 102 valence electrons. The molecule has 0 aromatic carbocycles. The van der Waals surface area contributed by atoms with Crippen molar-refractivity contribution in [3.05, 3.63) is 0 Å². The highest BCUT2D eigenvalue weighted by Gasteiger charge is 2.20. The average molecular weight is 329 g/mol. The quantitative estimate of drug-likeness (QED) is 0.305. The lowest BCUT2D eigenvalue weighted by Crippen LogP contribution is -3.00. The average Bonchev–Trinajstić information content (AvgIpc) is 2.11. The molecule has 5 nitrogen and oxygen atoms in total. The Balaban J connectivity index is 0. The molecule has 0 aliphatic rings. The minimum Gasteiger partial charge on any atom is -1.00 e. The number of amides is 1. The third kappa shape index (κ3) is 10.6. The largest absolute Gasteiger partial charge is 1.00 e. The molecule has 1 N–H and O–H groups in total. The van der Waals surface area contributed by atoms with Gasteiger partial charge in [-0.3, -0.25) is 4.79 Å². The fourth-order valence-corrected chi connectivity index (χ4v) is 1.19. The second-order valence-corrected chi connectivity index (χ2v) is 4.98. The fourth-order valence-electron chi connectivity index (χ4n) is 0.945. The zero-order valence-corrected chi connectivity index (χ0v) is 13.2. The molecule has 0 radical (unpaired) electrons. The van der Waals surface area contributed by atoms with Crippen LogP contribution >= 0.6 is 12.6 Å². The van der Waals surface area contributed by atoms with E-state index in [0.29, 0.717) is 6.61 Å². The first-order valence-electron chi connectivity index (χ1n) is 5.11. The number of quaternary nitrogens is 1. The van der Waals surface area contributed by atoms with E-state index in [-0.39, 0.29) is 28.6 Å². The molecule has 0 saturated carbocycles. The molecule has 0 fully saturated rings. The van der Waals surface area contributed by atoms with E-state index in [1.54, 1.807) is 0 Å². The standard InChI is InChI=1S/C10H20N2O3S.BrH/c1-8(13)11-9(7-16)10(14)15-6-5-12(2,3)4;/h9H,5-7H2,1-4H3,(H-,11,13,16);1H. The van der Waals surface area contributed by atoms with E-state index in [0.717, 1.165) is 11.0 Å². The van der Waals surface area contributed by atoms with Crippen LogP contribution in [0.1, 0.15) is 6.92 Å². The molecule has 0 heterocycles. The highest BCUT2D eigenvalue weighted by atomic mass is 79.9. The lowest BCUT2D eigenvalue weighted by molar-refractivity contribution is -0.870. The lowest BCUT2D eigenvalue weighted by Gasteiger charge is -2.24. The maximum atomic E-state index is 11.5. The van der Waals surface area contributed by atoms with Crippen molar-refractivity contribution >= 4 is 24.5 Å². The molecule has 0 spiro atoms. The van der Waals surface area contributed by atoms with E-state index in [2.05, 4.69) is 17.9 Å².